The molecule has 1 saturated heterocycles. The Morgan fingerprint density at radius 3 is 2.90 bits per heavy atom. The first kappa shape index (κ1) is 12.7. The minimum Gasteiger partial charge on any atom is -0.356 e. The lowest BCUT2D eigenvalue weighted by atomic mass is 10.0. The predicted octanol–water partition coefficient (Wildman–Crippen LogP) is 3.55. The highest BCUT2D eigenvalue weighted by molar-refractivity contribution is 5.69. The van der Waals surface area contributed by atoms with Crippen LogP contribution in [0.1, 0.15) is 18.5 Å². The fourth-order valence-electron chi connectivity index (χ4n) is 2.80. The first-order valence-electron chi connectivity index (χ1n) is 6.97. The molecule has 1 aromatic heterocycles. The summed E-state index contributed by atoms with van der Waals surface area (Å²) in [4.78, 5) is 6.44. The number of aromatic nitrogens is 1. The van der Waals surface area contributed by atoms with Gasteiger partial charge in [-0.25, -0.2) is 0 Å². The molecule has 1 atom stereocenters. The van der Waals surface area contributed by atoms with Crippen LogP contribution in [0.5, 0.6) is 0 Å². The molecule has 0 spiro atoms. The van der Waals surface area contributed by atoms with E-state index in [4.69, 9.17) is 0 Å². The Hall–Kier alpha value is -2.34. The molecule has 1 aromatic carbocycles. The van der Waals surface area contributed by atoms with Crippen LogP contribution in [0.2, 0.25) is 0 Å². The van der Waals surface area contributed by atoms with Crippen molar-refractivity contribution in [2.45, 2.75) is 25.8 Å². The van der Waals surface area contributed by atoms with Crippen LogP contribution >= 0.6 is 0 Å². The maximum absolute atomic E-state index is 9.22. The van der Waals surface area contributed by atoms with Crippen LogP contribution in [0.25, 0.3) is 11.1 Å². The van der Waals surface area contributed by atoms with Crippen molar-refractivity contribution in [3.8, 4) is 17.2 Å². The van der Waals surface area contributed by atoms with Crippen LogP contribution in [0.3, 0.4) is 0 Å². The average Bonchev–Trinajstić information content (AvgIpc) is 2.96. The summed E-state index contributed by atoms with van der Waals surface area (Å²) in [6, 6.07) is 15.0. The highest BCUT2D eigenvalue weighted by Gasteiger charge is 2.24. The zero-order valence-electron chi connectivity index (χ0n) is 11.6. The monoisotopic (exact) mass is 263 g/mol. The van der Waals surface area contributed by atoms with Crippen molar-refractivity contribution in [1.29, 1.82) is 5.26 Å². The molecule has 3 heteroatoms. The predicted molar refractivity (Wildman–Crippen MR) is 80.4 cm³/mol. The van der Waals surface area contributed by atoms with Crippen molar-refractivity contribution in [2.24, 2.45) is 0 Å². The van der Waals surface area contributed by atoms with Gasteiger partial charge in [0.2, 0.25) is 0 Å². The van der Waals surface area contributed by atoms with E-state index in [0.717, 1.165) is 30.8 Å². The van der Waals surface area contributed by atoms with Gasteiger partial charge in [0.15, 0.2) is 0 Å². The van der Waals surface area contributed by atoms with Crippen molar-refractivity contribution in [1.82, 2.24) is 4.98 Å². The zero-order chi connectivity index (χ0) is 13.9. The van der Waals surface area contributed by atoms with Crippen LogP contribution in [-0.2, 0) is 0 Å². The standard InChI is InChI=1S/C17H17N3/c1-13-10-15(7-8-19-13)14-4-2-5-16(11-14)20-9-3-6-17(20)12-18/h2,4-5,7-8,10-11,17H,3,6,9H2,1H3/t17-/m1/s1. The second-order valence-electron chi connectivity index (χ2n) is 5.22. The minimum atomic E-state index is 0.0180. The molecule has 3 nitrogen and oxygen atoms in total. The fourth-order valence-corrected chi connectivity index (χ4v) is 2.80. The van der Waals surface area contributed by atoms with Crippen molar-refractivity contribution < 1.29 is 0 Å². The van der Waals surface area contributed by atoms with Crippen LogP contribution in [0, 0.1) is 18.3 Å². The molecule has 100 valence electrons. The molecule has 0 saturated carbocycles. The van der Waals surface area contributed by atoms with E-state index in [1.54, 1.807) is 0 Å². The molecule has 2 heterocycles. The summed E-state index contributed by atoms with van der Waals surface area (Å²) < 4.78 is 0. The quantitative estimate of drug-likeness (QED) is 0.832. The molecule has 0 amide bonds. The van der Waals surface area contributed by atoms with E-state index in [9.17, 15) is 5.26 Å². The van der Waals surface area contributed by atoms with Gasteiger partial charge in [0.05, 0.1) is 6.07 Å². The number of anilines is 1. The number of aryl methyl sites for hydroxylation is 1. The van der Waals surface area contributed by atoms with E-state index in [2.05, 4.69) is 46.3 Å². The molecule has 1 aliphatic rings. The first-order chi connectivity index (χ1) is 9.78. The van der Waals surface area contributed by atoms with Crippen LogP contribution in [-0.4, -0.2) is 17.6 Å². The van der Waals surface area contributed by atoms with Gasteiger partial charge in [0.25, 0.3) is 0 Å². The van der Waals surface area contributed by atoms with Gasteiger partial charge in [-0.15, -0.1) is 0 Å². The van der Waals surface area contributed by atoms with E-state index in [-0.39, 0.29) is 6.04 Å². The third-order valence-corrected chi connectivity index (χ3v) is 3.81. The van der Waals surface area contributed by atoms with Gasteiger partial charge >= 0.3 is 0 Å². The topological polar surface area (TPSA) is 39.9 Å². The molecule has 1 aliphatic heterocycles. The second-order valence-corrected chi connectivity index (χ2v) is 5.22. The van der Waals surface area contributed by atoms with E-state index in [1.807, 2.05) is 19.2 Å². The SMILES string of the molecule is Cc1cc(-c2cccc(N3CCC[C@@H]3C#N)c2)ccn1. The average molecular weight is 263 g/mol. The van der Waals surface area contributed by atoms with Crippen LogP contribution < -0.4 is 4.90 Å². The fraction of sp³-hybridized carbons (Fsp3) is 0.294. The second kappa shape index (κ2) is 5.34. The van der Waals surface area contributed by atoms with Gasteiger partial charge in [-0.3, -0.25) is 4.98 Å². The third-order valence-electron chi connectivity index (χ3n) is 3.81. The molecular formula is C17H17N3. The maximum Gasteiger partial charge on any atom is 0.116 e. The molecule has 3 rings (SSSR count). The summed E-state index contributed by atoms with van der Waals surface area (Å²) in [5, 5.41) is 9.22. The normalized spacial score (nSPS) is 18.0. The number of nitrogens with zero attached hydrogens (tertiary/aromatic N) is 3. The largest absolute Gasteiger partial charge is 0.356 e. The van der Waals surface area contributed by atoms with E-state index in [0.29, 0.717) is 0 Å². The Bertz CT molecular complexity index is 657. The molecule has 0 unspecified atom stereocenters. The van der Waals surface area contributed by atoms with E-state index >= 15 is 0 Å². The number of rotatable bonds is 2. The van der Waals surface area contributed by atoms with Crippen LogP contribution in [0.15, 0.2) is 42.6 Å². The van der Waals surface area contributed by atoms with Crippen LogP contribution in [0.4, 0.5) is 5.69 Å². The summed E-state index contributed by atoms with van der Waals surface area (Å²) in [6.07, 6.45) is 3.90. The Morgan fingerprint density at radius 2 is 2.10 bits per heavy atom. The van der Waals surface area contributed by atoms with Crippen molar-refractivity contribution in [3.05, 3.63) is 48.3 Å². The molecule has 0 bridgehead atoms. The minimum absolute atomic E-state index is 0.0180. The van der Waals surface area contributed by atoms with Gasteiger partial charge in [-0.2, -0.15) is 5.26 Å². The summed E-state index contributed by atoms with van der Waals surface area (Å²) in [5.41, 5.74) is 4.51. The molecule has 20 heavy (non-hydrogen) atoms. The molecule has 1 fully saturated rings. The molecular weight excluding hydrogens is 246 g/mol. The van der Waals surface area contributed by atoms with Crippen molar-refractivity contribution in [3.63, 3.8) is 0 Å². The highest BCUT2D eigenvalue weighted by Crippen LogP contribution is 2.29. The van der Waals surface area contributed by atoms with E-state index in [1.165, 1.54) is 11.1 Å². The summed E-state index contributed by atoms with van der Waals surface area (Å²) in [6.45, 7) is 2.97. The Kier molecular flexibility index (Phi) is 3.39. The van der Waals surface area contributed by atoms with E-state index < -0.39 is 0 Å². The Morgan fingerprint density at radius 1 is 1.25 bits per heavy atom. The van der Waals surface area contributed by atoms with Crippen molar-refractivity contribution >= 4 is 5.69 Å². The third kappa shape index (κ3) is 2.37. The summed E-state index contributed by atoms with van der Waals surface area (Å²) >= 11 is 0. The lowest BCUT2D eigenvalue weighted by molar-refractivity contribution is 0.818. The van der Waals surface area contributed by atoms with Gasteiger partial charge in [-0.1, -0.05) is 12.1 Å². The molecule has 0 aliphatic carbocycles. The zero-order valence-corrected chi connectivity index (χ0v) is 11.6. The molecule has 0 N–H and O–H groups in total. The smallest absolute Gasteiger partial charge is 0.116 e. The molecule has 0 radical (unpaired) electrons. The lowest BCUT2D eigenvalue weighted by Gasteiger charge is -2.22. The van der Waals surface area contributed by atoms with Gasteiger partial charge in [0, 0.05) is 24.1 Å². The number of pyridine rings is 1. The number of nitriles is 1. The van der Waals surface area contributed by atoms with Crippen molar-refractivity contribution in [2.75, 3.05) is 11.4 Å². The number of benzene rings is 1. The Balaban J connectivity index is 1.96. The summed E-state index contributed by atoms with van der Waals surface area (Å²) in [7, 11) is 0. The Labute approximate surface area is 119 Å². The lowest BCUT2D eigenvalue weighted by Crippen LogP contribution is -2.27. The number of hydrogen-bond acceptors (Lipinski definition) is 3. The highest BCUT2D eigenvalue weighted by atomic mass is 15.2. The van der Waals surface area contributed by atoms with Gasteiger partial charge in [0.1, 0.15) is 6.04 Å². The summed E-state index contributed by atoms with van der Waals surface area (Å²) in [5.74, 6) is 0. The maximum atomic E-state index is 9.22. The first-order valence-corrected chi connectivity index (χ1v) is 6.97. The molecule has 2 aromatic rings. The number of hydrogen-bond donors (Lipinski definition) is 0. The van der Waals surface area contributed by atoms with Gasteiger partial charge < -0.3 is 4.90 Å². The van der Waals surface area contributed by atoms with Gasteiger partial charge in [-0.05, 0) is 55.2 Å².